The average molecular weight is 322 g/mol. The van der Waals surface area contributed by atoms with Gasteiger partial charge in [0.1, 0.15) is 0 Å². The Kier molecular flexibility index (Phi) is 11.9. The number of carbonyl (C=O) groups excluding carboxylic acids is 1. The van der Waals surface area contributed by atoms with E-state index in [1.54, 1.807) is 0 Å². The molecule has 0 spiro atoms. The molecule has 0 atom stereocenters. The summed E-state index contributed by atoms with van der Waals surface area (Å²) in [7, 11) is 0. The Balaban J connectivity index is 1.86. The number of hydrogen-bond donors (Lipinski definition) is 2. The van der Waals surface area contributed by atoms with Crippen molar-refractivity contribution in [1.29, 1.82) is 0 Å². The van der Waals surface area contributed by atoms with Crippen molar-refractivity contribution in [2.45, 2.75) is 70.6 Å². The number of carbonyl (C=O) groups is 1. The van der Waals surface area contributed by atoms with Gasteiger partial charge >= 0.3 is 0 Å². The van der Waals surface area contributed by atoms with E-state index in [0.717, 1.165) is 17.9 Å². The fourth-order valence-electron chi connectivity index (χ4n) is 2.56. The first-order chi connectivity index (χ1) is 10.8. The second-order valence-corrected chi connectivity index (χ2v) is 6.37. The van der Waals surface area contributed by atoms with E-state index < -0.39 is 0 Å². The summed E-state index contributed by atoms with van der Waals surface area (Å²) in [5.41, 5.74) is 0.894. The smallest absolute Gasteiger partial charge is 0.224 e. The molecule has 3 heteroatoms. The summed E-state index contributed by atoms with van der Waals surface area (Å²) in [5.74, 6) is 1.16. The first-order valence-corrected chi connectivity index (χ1v) is 9.42. The summed E-state index contributed by atoms with van der Waals surface area (Å²) in [6, 6.07) is 9.68. The SMILES string of the molecule is O=C(CCCCCCCCCCCCS)Nc1ccccc1. The molecular formula is C19H31NOS. The summed E-state index contributed by atoms with van der Waals surface area (Å²) in [5, 5.41) is 2.93. The molecule has 1 rings (SSSR count). The number of nitrogens with one attached hydrogen (secondary N) is 1. The molecule has 2 nitrogen and oxygen atoms in total. The lowest BCUT2D eigenvalue weighted by Crippen LogP contribution is -2.10. The van der Waals surface area contributed by atoms with Gasteiger partial charge in [0.2, 0.25) is 5.91 Å². The summed E-state index contributed by atoms with van der Waals surface area (Å²) < 4.78 is 0. The first kappa shape index (κ1) is 19.1. The van der Waals surface area contributed by atoms with Crippen molar-refractivity contribution in [3.05, 3.63) is 30.3 Å². The number of thiol groups is 1. The summed E-state index contributed by atoms with van der Waals surface area (Å²) >= 11 is 4.23. The molecule has 0 saturated heterocycles. The zero-order valence-electron chi connectivity index (χ0n) is 13.7. The van der Waals surface area contributed by atoms with Crippen molar-refractivity contribution < 1.29 is 4.79 Å². The lowest BCUT2D eigenvalue weighted by molar-refractivity contribution is -0.116. The molecule has 22 heavy (non-hydrogen) atoms. The number of amides is 1. The molecule has 0 heterocycles. The van der Waals surface area contributed by atoms with Crippen LogP contribution in [0.4, 0.5) is 5.69 Å². The van der Waals surface area contributed by atoms with Gasteiger partial charge in [0, 0.05) is 12.1 Å². The van der Waals surface area contributed by atoms with Gasteiger partial charge < -0.3 is 5.32 Å². The van der Waals surface area contributed by atoms with Crippen LogP contribution in [0.1, 0.15) is 70.6 Å². The van der Waals surface area contributed by atoms with Crippen LogP contribution in [-0.2, 0) is 4.79 Å². The molecule has 0 aliphatic heterocycles. The van der Waals surface area contributed by atoms with Gasteiger partial charge in [0.25, 0.3) is 0 Å². The fourth-order valence-corrected chi connectivity index (χ4v) is 2.78. The molecule has 0 fully saturated rings. The van der Waals surface area contributed by atoms with Crippen molar-refractivity contribution in [2.24, 2.45) is 0 Å². The zero-order valence-corrected chi connectivity index (χ0v) is 14.6. The summed E-state index contributed by atoms with van der Waals surface area (Å²) in [4.78, 5) is 11.8. The Hall–Kier alpha value is -0.960. The van der Waals surface area contributed by atoms with Gasteiger partial charge in [0.15, 0.2) is 0 Å². The lowest BCUT2D eigenvalue weighted by Gasteiger charge is -2.05. The largest absolute Gasteiger partial charge is 0.326 e. The second kappa shape index (κ2) is 13.7. The quantitative estimate of drug-likeness (QED) is 0.346. The van der Waals surface area contributed by atoms with E-state index in [1.807, 2.05) is 30.3 Å². The second-order valence-electron chi connectivity index (χ2n) is 5.92. The number of anilines is 1. The van der Waals surface area contributed by atoms with E-state index in [2.05, 4.69) is 17.9 Å². The van der Waals surface area contributed by atoms with Gasteiger partial charge in [-0.05, 0) is 30.7 Å². The highest BCUT2D eigenvalue weighted by molar-refractivity contribution is 7.80. The lowest BCUT2D eigenvalue weighted by atomic mass is 10.1. The molecule has 1 aromatic rings. The molecule has 0 bridgehead atoms. The predicted molar refractivity (Wildman–Crippen MR) is 99.7 cm³/mol. The highest BCUT2D eigenvalue weighted by Gasteiger charge is 2.01. The molecule has 1 aromatic carbocycles. The van der Waals surface area contributed by atoms with Crippen molar-refractivity contribution in [2.75, 3.05) is 11.1 Å². The molecular weight excluding hydrogens is 290 g/mol. The molecule has 1 amide bonds. The third kappa shape index (κ3) is 10.7. The van der Waals surface area contributed by atoms with E-state index in [9.17, 15) is 4.79 Å². The van der Waals surface area contributed by atoms with Crippen LogP contribution in [0.25, 0.3) is 0 Å². The number of benzene rings is 1. The van der Waals surface area contributed by atoms with Crippen molar-refractivity contribution in [3.8, 4) is 0 Å². The number of unbranched alkanes of at least 4 members (excludes halogenated alkanes) is 9. The van der Waals surface area contributed by atoms with E-state index in [0.29, 0.717) is 6.42 Å². The molecule has 0 unspecified atom stereocenters. The zero-order chi connectivity index (χ0) is 15.9. The third-order valence-electron chi connectivity index (χ3n) is 3.87. The fraction of sp³-hybridized carbons (Fsp3) is 0.632. The molecule has 0 radical (unpaired) electrons. The predicted octanol–water partition coefficient (Wildman–Crippen LogP) is 5.85. The third-order valence-corrected chi connectivity index (χ3v) is 4.19. The average Bonchev–Trinajstić information content (AvgIpc) is 2.53. The normalized spacial score (nSPS) is 10.6. The molecule has 0 aliphatic rings. The van der Waals surface area contributed by atoms with Gasteiger partial charge in [-0.15, -0.1) is 0 Å². The molecule has 0 aliphatic carbocycles. The van der Waals surface area contributed by atoms with Crippen LogP contribution >= 0.6 is 12.6 Å². The van der Waals surface area contributed by atoms with Crippen LogP contribution in [0.15, 0.2) is 30.3 Å². The van der Waals surface area contributed by atoms with Crippen LogP contribution in [0.3, 0.4) is 0 Å². The summed E-state index contributed by atoms with van der Waals surface area (Å²) in [6.07, 6.45) is 13.4. The van der Waals surface area contributed by atoms with Crippen LogP contribution < -0.4 is 5.32 Å². The molecule has 0 saturated carbocycles. The minimum Gasteiger partial charge on any atom is -0.326 e. The number of hydrogen-bond acceptors (Lipinski definition) is 2. The molecule has 1 N–H and O–H groups in total. The monoisotopic (exact) mass is 321 g/mol. The van der Waals surface area contributed by atoms with Gasteiger partial charge in [-0.25, -0.2) is 0 Å². The molecule has 124 valence electrons. The Morgan fingerprint density at radius 1 is 0.773 bits per heavy atom. The standard InChI is InChI=1S/C19H31NOS/c21-19(20-18-14-10-9-11-15-18)16-12-7-5-3-1-2-4-6-8-13-17-22/h9-11,14-15,22H,1-8,12-13,16-17H2,(H,20,21). The number of rotatable bonds is 13. The van der Waals surface area contributed by atoms with E-state index in [4.69, 9.17) is 0 Å². The van der Waals surface area contributed by atoms with Gasteiger partial charge in [-0.3, -0.25) is 4.79 Å². The minimum absolute atomic E-state index is 0.135. The Labute approximate surface area is 141 Å². The first-order valence-electron chi connectivity index (χ1n) is 8.78. The highest BCUT2D eigenvalue weighted by atomic mass is 32.1. The Morgan fingerprint density at radius 3 is 1.82 bits per heavy atom. The molecule has 0 aromatic heterocycles. The minimum atomic E-state index is 0.135. The van der Waals surface area contributed by atoms with Crippen LogP contribution in [0.2, 0.25) is 0 Å². The maximum absolute atomic E-state index is 11.8. The van der Waals surface area contributed by atoms with E-state index >= 15 is 0 Å². The van der Waals surface area contributed by atoms with E-state index in [1.165, 1.54) is 57.8 Å². The Morgan fingerprint density at radius 2 is 1.27 bits per heavy atom. The number of para-hydroxylation sites is 1. The van der Waals surface area contributed by atoms with Crippen LogP contribution in [0.5, 0.6) is 0 Å². The van der Waals surface area contributed by atoms with Crippen molar-refractivity contribution in [3.63, 3.8) is 0 Å². The van der Waals surface area contributed by atoms with Gasteiger partial charge in [-0.1, -0.05) is 69.6 Å². The topological polar surface area (TPSA) is 29.1 Å². The van der Waals surface area contributed by atoms with Gasteiger partial charge in [-0.2, -0.15) is 12.6 Å². The maximum Gasteiger partial charge on any atom is 0.224 e. The Bertz CT molecular complexity index is 380. The van der Waals surface area contributed by atoms with Crippen molar-refractivity contribution in [1.82, 2.24) is 0 Å². The van der Waals surface area contributed by atoms with E-state index in [-0.39, 0.29) is 5.91 Å². The van der Waals surface area contributed by atoms with Crippen LogP contribution in [0, 0.1) is 0 Å². The van der Waals surface area contributed by atoms with Crippen molar-refractivity contribution >= 4 is 24.2 Å². The van der Waals surface area contributed by atoms with Crippen LogP contribution in [-0.4, -0.2) is 11.7 Å². The maximum atomic E-state index is 11.8. The highest BCUT2D eigenvalue weighted by Crippen LogP contribution is 2.12. The van der Waals surface area contributed by atoms with Gasteiger partial charge in [0.05, 0.1) is 0 Å². The summed E-state index contributed by atoms with van der Waals surface area (Å²) in [6.45, 7) is 0.